The normalized spacial score (nSPS) is 10.7. The molecule has 0 spiro atoms. The topological polar surface area (TPSA) is 85.2 Å². The summed E-state index contributed by atoms with van der Waals surface area (Å²) in [5.41, 5.74) is 2.60. The Morgan fingerprint density at radius 1 is 1.26 bits per heavy atom. The minimum absolute atomic E-state index is 0.0407. The predicted molar refractivity (Wildman–Crippen MR) is 88.5 cm³/mol. The van der Waals surface area contributed by atoms with Crippen LogP contribution in [0.5, 0.6) is 5.75 Å². The van der Waals surface area contributed by atoms with E-state index in [9.17, 15) is 9.90 Å². The number of nitriles is 1. The monoisotopic (exact) mass is 307 g/mol. The number of aryl methyl sites for hydroxylation is 1. The Morgan fingerprint density at radius 2 is 2.04 bits per heavy atom. The minimum atomic E-state index is -0.533. The smallest absolute Gasteiger partial charge is 0.267 e. The van der Waals surface area contributed by atoms with Crippen LogP contribution in [0, 0.1) is 18.3 Å². The highest BCUT2D eigenvalue weighted by Crippen LogP contribution is 2.15. The van der Waals surface area contributed by atoms with Gasteiger partial charge in [0.05, 0.1) is 0 Å². The Kier molecular flexibility index (Phi) is 5.37. The van der Waals surface area contributed by atoms with Crippen LogP contribution in [0.25, 0.3) is 0 Å². The quantitative estimate of drug-likeness (QED) is 0.586. The van der Waals surface area contributed by atoms with E-state index < -0.39 is 5.91 Å². The van der Waals surface area contributed by atoms with Gasteiger partial charge in [0, 0.05) is 24.5 Å². The van der Waals surface area contributed by atoms with E-state index in [0.717, 1.165) is 11.1 Å². The molecule has 2 rings (SSSR count). The third kappa shape index (κ3) is 4.90. The number of phenols is 1. The number of hydrogen-bond acceptors (Lipinski definition) is 4. The predicted octanol–water partition coefficient (Wildman–Crippen LogP) is 2.84. The van der Waals surface area contributed by atoms with Crippen LogP contribution in [-0.4, -0.2) is 11.0 Å². The molecule has 0 radical (unpaired) electrons. The van der Waals surface area contributed by atoms with E-state index in [1.165, 1.54) is 18.3 Å². The number of anilines is 1. The Hall–Kier alpha value is -3.26. The molecular formula is C18H17N3O2. The van der Waals surface area contributed by atoms with Crippen LogP contribution in [0.2, 0.25) is 0 Å². The van der Waals surface area contributed by atoms with Gasteiger partial charge < -0.3 is 15.7 Å². The second-order valence-electron chi connectivity index (χ2n) is 5.04. The number of nitrogens with zero attached hydrogens (tertiary/aromatic N) is 1. The first-order chi connectivity index (χ1) is 11.1. The molecule has 0 aliphatic heterocycles. The van der Waals surface area contributed by atoms with Gasteiger partial charge in [0.15, 0.2) is 0 Å². The van der Waals surface area contributed by atoms with Gasteiger partial charge in [0.2, 0.25) is 0 Å². The van der Waals surface area contributed by atoms with Crippen molar-refractivity contribution in [3.05, 3.63) is 71.4 Å². The summed E-state index contributed by atoms with van der Waals surface area (Å²) in [6.07, 6.45) is 1.39. The van der Waals surface area contributed by atoms with Crippen LogP contribution in [0.3, 0.4) is 0 Å². The Labute approximate surface area is 134 Å². The zero-order valence-corrected chi connectivity index (χ0v) is 12.7. The molecule has 0 unspecified atom stereocenters. The Morgan fingerprint density at radius 3 is 2.74 bits per heavy atom. The standard InChI is InChI=1S/C18H17N3O2/c1-13-4-2-5-14(8-13)11-20-12-15(10-19)18(23)21-16-6-3-7-17(22)9-16/h2-9,12,20,22H,11H2,1H3,(H,21,23)/b15-12-. The van der Waals surface area contributed by atoms with Crippen LogP contribution in [0.1, 0.15) is 11.1 Å². The van der Waals surface area contributed by atoms with Crippen LogP contribution in [0.15, 0.2) is 60.3 Å². The Balaban J connectivity index is 1.98. The molecule has 0 aliphatic carbocycles. The van der Waals surface area contributed by atoms with Gasteiger partial charge in [0.1, 0.15) is 17.4 Å². The lowest BCUT2D eigenvalue weighted by Crippen LogP contribution is -2.16. The fourth-order valence-electron chi connectivity index (χ4n) is 2.02. The number of carbonyl (C=O) groups is 1. The molecule has 5 heteroatoms. The average Bonchev–Trinajstić information content (AvgIpc) is 2.51. The fourth-order valence-corrected chi connectivity index (χ4v) is 2.02. The highest BCUT2D eigenvalue weighted by atomic mass is 16.3. The maximum Gasteiger partial charge on any atom is 0.267 e. The molecule has 0 aliphatic rings. The lowest BCUT2D eigenvalue weighted by atomic mass is 10.1. The molecule has 0 saturated carbocycles. The first-order valence-corrected chi connectivity index (χ1v) is 7.08. The van der Waals surface area contributed by atoms with E-state index in [1.54, 1.807) is 12.1 Å². The number of phenolic OH excluding ortho intramolecular Hbond substituents is 1. The lowest BCUT2D eigenvalue weighted by Gasteiger charge is -2.06. The molecule has 3 N–H and O–H groups in total. The second kappa shape index (κ2) is 7.66. The SMILES string of the molecule is Cc1cccc(CN/C=C(/C#N)C(=O)Nc2cccc(O)c2)c1. The van der Waals surface area contributed by atoms with Gasteiger partial charge in [-0.15, -0.1) is 0 Å². The van der Waals surface area contributed by atoms with Gasteiger partial charge in [0.25, 0.3) is 5.91 Å². The van der Waals surface area contributed by atoms with Crippen molar-refractivity contribution in [3.8, 4) is 11.8 Å². The van der Waals surface area contributed by atoms with Gasteiger partial charge in [-0.1, -0.05) is 35.9 Å². The summed E-state index contributed by atoms with van der Waals surface area (Å²) in [7, 11) is 0. The highest BCUT2D eigenvalue weighted by Gasteiger charge is 2.09. The molecule has 2 aromatic rings. The van der Waals surface area contributed by atoms with E-state index in [0.29, 0.717) is 12.2 Å². The first-order valence-electron chi connectivity index (χ1n) is 7.08. The first kappa shape index (κ1) is 16.1. The van der Waals surface area contributed by atoms with Crippen molar-refractivity contribution in [2.45, 2.75) is 13.5 Å². The maximum atomic E-state index is 12.0. The van der Waals surface area contributed by atoms with Gasteiger partial charge in [-0.2, -0.15) is 5.26 Å². The van der Waals surface area contributed by atoms with Crippen LogP contribution >= 0.6 is 0 Å². The summed E-state index contributed by atoms with van der Waals surface area (Å²) in [6, 6.07) is 16.0. The summed E-state index contributed by atoms with van der Waals surface area (Å²) in [4.78, 5) is 12.0. The van der Waals surface area contributed by atoms with Gasteiger partial charge >= 0.3 is 0 Å². The molecule has 23 heavy (non-hydrogen) atoms. The summed E-state index contributed by atoms with van der Waals surface area (Å²) in [6.45, 7) is 2.52. The van der Waals surface area contributed by atoms with Crippen LogP contribution < -0.4 is 10.6 Å². The molecule has 116 valence electrons. The second-order valence-corrected chi connectivity index (χ2v) is 5.04. The maximum absolute atomic E-state index is 12.0. The van der Waals surface area contributed by atoms with Crippen LogP contribution in [-0.2, 0) is 11.3 Å². The highest BCUT2D eigenvalue weighted by molar-refractivity contribution is 6.06. The van der Waals surface area contributed by atoms with Crippen molar-refractivity contribution in [1.29, 1.82) is 5.26 Å². The number of nitrogens with one attached hydrogen (secondary N) is 2. The van der Waals surface area contributed by atoms with Crippen molar-refractivity contribution >= 4 is 11.6 Å². The van der Waals surface area contributed by atoms with E-state index in [1.807, 2.05) is 37.3 Å². The average molecular weight is 307 g/mol. The van der Waals surface area contributed by atoms with Gasteiger partial charge in [-0.3, -0.25) is 4.79 Å². The van der Waals surface area contributed by atoms with Crippen molar-refractivity contribution in [2.24, 2.45) is 0 Å². The van der Waals surface area contributed by atoms with Crippen molar-refractivity contribution in [2.75, 3.05) is 5.32 Å². The largest absolute Gasteiger partial charge is 0.508 e. The number of carbonyl (C=O) groups excluding carboxylic acids is 1. The lowest BCUT2D eigenvalue weighted by molar-refractivity contribution is -0.112. The molecule has 0 bridgehead atoms. The molecule has 0 heterocycles. The molecular weight excluding hydrogens is 290 g/mol. The van der Waals surface area contributed by atoms with E-state index in [2.05, 4.69) is 10.6 Å². The third-order valence-corrected chi connectivity index (χ3v) is 3.10. The van der Waals surface area contributed by atoms with Crippen molar-refractivity contribution in [1.82, 2.24) is 5.32 Å². The zero-order valence-electron chi connectivity index (χ0n) is 12.7. The Bertz CT molecular complexity index is 776. The molecule has 1 amide bonds. The van der Waals surface area contributed by atoms with Gasteiger partial charge in [-0.05, 0) is 24.6 Å². The number of benzene rings is 2. The number of aromatic hydroxyl groups is 1. The molecule has 2 aromatic carbocycles. The van der Waals surface area contributed by atoms with E-state index in [-0.39, 0.29) is 11.3 Å². The number of hydrogen-bond donors (Lipinski definition) is 3. The van der Waals surface area contributed by atoms with E-state index >= 15 is 0 Å². The van der Waals surface area contributed by atoms with Gasteiger partial charge in [-0.25, -0.2) is 0 Å². The number of amides is 1. The molecule has 5 nitrogen and oxygen atoms in total. The number of rotatable bonds is 5. The minimum Gasteiger partial charge on any atom is -0.508 e. The van der Waals surface area contributed by atoms with E-state index in [4.69, 9.17) is 5.26 Å². The summed E-state index contributed by atoms with van der Waals surface area (Å²) in [5, 5.41) is 24.0. The summed E-state index contributed by atoms with van der Waals surface area (Å²) >= 11 is 0. The molecule has 0 fully saturated rings. The molecule has 0 saturated heterocycles. The zero-order chi connectivity index (χ0) is 16.7. The third-order valence-electron chi connectivity index (χ3n) is 3.10. The fraction of sp³-hybridized carbons (Fsp3) is 0.111. The van der Waals surface area contributed by atoms with Crippen molar-refractivity contribution in [3.63, 3.8) is 0 Å². The van der Waals surface area contributed by atoms with Crippen molar-refractivity contribution < 1.29 is 9.90 Å². The molecule has 0 atom stereocenters. The summed E-state index contributed by atoms with van der Waals surface area (Å²) < 4.78 is 0. The van der Waals surface area contributed by atoms with Crippen LogP contribution in [0.4, 0.5) is 5.69 Å². The summed E-state index contributed by atoms with van der Waals surface area (Å²) in [5.74, 6) is -0.488. The molecule has 0 aromatic heterocycles.